The Morgan fingerprint density at radius 1 is 0.829 bits per heavy atom. The second-order valence-corrected chi connectivity index (χ2v) is 10.1. The molecule has 1 aliphatic heterocycles. The van der Waals surface area contributed by atoms with Crippen LogP contribution in [0.1, 0.15) is 54.4 Å². The molecule has 0 aromatic heterocycles. The van der Waals surface area contributed by atoms with Gasteiger partial charge in [0.25, 0.3) is 0 Å². The fourth-order valence-corrected chi connectivity index (χ4v) is 2.50. The van der Waals surface area contributed by atoms with E-state index in [0.717, 1.165) is 13.0 Å². The predicted molar refractivity (Wildman–Crippen MR) is 128 cm³/mol. The molecule has 4 N–H and O–H groups in total. The van der Waals surface area contributed by atoms with Gasteiger partial charge in [-0.25, -0.2) is 0 Å². The number of aliphatic hydroxyl groups excluding tert-OH is 4. The van der Waals surface area contributed by atoms with Gasteiger partial charge in [0, 0.05) is 6.54 Å². The molecule has 0 radical (unpaired) electrons. The van der Waals surface area contributed by atoms with Gasteiger partial charge in [-0.05, 0) is 54.6 Å². The molecule has 0 saturated carbocycles. The van der Waals surface area contributed by atoms with Crippen LogP contribution in [0.2, 0.25) is 0 Å². The number of rotatable bonds is 12. The summed E-state index contributed by atoms with van der Waals surface area (Å²) in [5, 5.41) is 38.0. The van der Waals surface area contributed by atoms with Crippen LogP contribution < -0.4 is 0 Å². The lowest BCUT2D eigenvalue weighted by Gasteiger charge is -2.39. The molecule has 11 heteroatoms. The summed E-state index contributed by atoms with van der Waals surface area (Å²) in [7, 11) is 3.91. The Kier molecular flexibility index (Phi) is 15.1. The first-order chi connectivity index (χ1) is 16.1. The minimum atomic E-state index is -1.49. The Morgan fingerprint density at radius 3 is 1.74 bits per heavy atom. The van der Waals surface area contributed by atoms with E-state index < -0.39 is 42.7 Å². The van der Waals surface area contributed by atoms with Crippen LogP contribution in [0, 0.1) is 10.8 Å². The molecule has 35 heavy (non-hydrogen) atoms. The van der Waals surface area contributed by atoms with E-state index in [4.69, 9.17) is 24.1 Å². The molecule has 0 amide bonds. The van der Waals surface area contributed by atoms with Crippen LogP contribution in [0.4, 0.5) is 0 Å². The maximum absolute atomic E-state index is 11.7. The Bertz CT molecular complexity index is 623. The van der Waals surface area contributed by atoms with Gasteiger partial charge < -0.3 is 44.3 Å². The second kappa shape index (κ2) is 15.7. The lowest BCUT2D eigenvalue weighted by atomic mass is 9.91. The monoisotopic (exact) mass is 509 g/mol. The summed E-state index contributed by atoms with van der Waals surface area (Å²) in [6, 6.07) is 0. The molecule has 11 nitrogen and oxygen atoms in total. The van der Waals surface area contributed by atoms with Crippen molar-refractivity contribution in [1.29, 1.82) is 0 Å². The Balaban J connectivity index is 0.000000761. The Hall–Kier alpha value is -1.34. The highest BCUT2D eigenvalue weighted by Crippen LogP contribution is 2.23. The Labute approximate surface area is 209 Å². The minimum absolute atomic E-state index is 0.0305. The van der Waals surface area contributed by atoms with Crippen LogP contribution >= 0.6 is 0 Å². The zero-order chi connectivity index (χ0) is 27.4. The highest BCUT2D eigenvalue weighted by atomic mass is 16.7. The molecule has 0 spiro atoms. The van der Waals surface area contributed by atoms with Gasteiger partial charge >= 0.3 is 11.9 Å². The summed E-state index contributed by atoms with van der Waals surface area (Å²) >= 11 is 0. The van der Waals surface area contributed by atoms with Gasteiger partial charge in [-0.2, -0.15) is 0 Å². The number of likely N-dealkylation sites (N-methyl/N-ethyl adjacent to an activating group) is 1. The highest BCUT2D eigenvalue weighted by Gasteiger charge is 2.44. The average molecular weight is 510 g/mol. The van der Waals surface area contributed by atoms with E-state index in [2.05, 4.69) is 0 Å². The number of carbonyl (C=O) groups excluding carboxylic acids is 2. The van der Waals surface area contributed by atoms with Gasteiger partial charge in [-0.1, -0.05) is 13.8 Å². The molecule has 1 heterocycles. The molecule has 1 rings (SSSR count). The van der Waals surface area contributed by atoms with E-state index in [1.807, 2.05) is 46.7 Å². The number of esters is 2. The predicted octanol–water partition coefficient (Wildman–Crippen LogP) is 0.310. The van der Waals surface area contributed by atoms with E-state index in [9.17, 15) is 24.9 Å². The average Bonchev–Trinajstić information content (AvgIpc) is 2.81. The maximum Gasteiger partial charge on any atom is 0.311 e. The summed E-state index contributed by atoms with van der Waals surface area (Å²) < 4.78 is 20.6. The molecular weight excluding hydrogens is 462 g/mol. The third kappa shape index (κ3) is 11.5. The van der Waals surface area contributed by atoms with E-state index >= 15 is 0 Å². The number of nitrogens with zero attached hydrogens (tertiary/aromatic N) is 1. The van der Waals surface area contributed by atoms with Crippen molar-refractivity contribution in [2.45, 2.75) is 85.1 Å². The molecule has 1 aliphatic rings. The number of hydrogen-bond donors (Lipinski definition) is 4. The van der Waals surface area contributed by atoms with Crippen molar-refractivity contribution < 1.29 is 49.0 Å². The van der Waals surface area contributed by atoms with Crippen molar-refractivity contribution in [1.82, 2.24) is 4.90 Å². The van der Waals surface area contributed by atoms with Crippen molar-refractivity contribution in [2.24, 2.45) is 10.8 Å². The minimum Gasteiger partial charge on any atom is -0.464 e. The number of ether oxygens (including phenoxy) is 4. The third-order valence-corrected chi connectivity index (χ3v) is 6.09. The summed E-state index contributed by atoms with van der Waals surface area (Å²) in [5.74, 6) is -0.454. The van der Waals surface area contributed by atoms with Crippen molar-refractivity contribution >= 4 is 11.9 Å². The van der Waals surface area contributed by atoms with Crippen molar-refractivity contribution in [2.75, 3.05) is 47.1 Å². The fourth-order valence-electron chi connectivity index (χ4n) is 2.50. The van der Waals surface area contributed by atoms with E-state index in [-0.39, 0.29) is 30.6 Å². The molecule has 0 bridgehead atoms. The van der Waals surface area contributed by atoms with Crippen LogP contribution in [0.3, 0.4) is 0 Å². The second-order valence-electron chi connectivity index (χ2n) is 10.1. The third-order valence-electron chi connectivity index (χ3n) is 6.09. The molecule has 1 saturated heterocycles. The molecule has 1 fully saturated rings. The number of carbonyl (C=O) groups is 2. The standard InChI is InChI=1S/C14H26O8.C10H21NO2/c1-4-14(2,3)13(19)21-6-5-20-12-11(18)10(17)9(16)8(7-15)22-12;1-6-10(2,3)9(12)13-8-7-11(4)5/h8-12,15-18H,4-7H2,1-3H3;6-8H2,1-5H3/t8?,9-,10?,11+,12-;/m0./s1. The van der Waals surface area contributed by atoms with Crippen LogP contribution in [0.15, 0.2) is 0 Å². The van der Waals surface area contributed by atoms with Gasteiger partial charge in [-0.3, -0.25) is 9.59 Å². The van der Waals surface area contributed by atoms with Gasteiger partial charge in [-0.15, -0.1) is 0 Å². The van der Waals surface area contributed by atoms with Crippen molar-refractivity contribution in [3.63, 3.8) is 0 Å². The summed E-state index contributed by atoms with van der Waals surface area (Å²) in [4.78, 5) is 25.2. The molecule has 208 valence electrons. The first-order valence-corrected chi connectivity index (χ1v) is 12.1. The summed E-state index contributed by atoms with van der Waals surface area (Å²) in [6.45, 7) is 11.9. The normalized spacial score (nSPS) is 25.0. The van der Waals surface area contributed by atoms with Crippen LogP contribution in [0.25, 0.3) is 0 Å². The molecular formula is C24H47NO10. The molecule has 2 unspecified atom stereocenters. The topological polar surface area (TPSA) is 155 Å². The van der Waals surface area contributed by atoms with Crippen LogP contribution in [-0.4, -0.2) is 115 Å². The van der Waals surface area contributed by atoms with E-state index in [1.54, 1.807) is 13.8 Å². The van der Waals surface area contributed by atoms with Crippen molar-refractivity contribution in [3.8, 4) is 0 Å². The first kappa shape index (κ1) is 33.7. The van der Waals surface area contributed by atoms with Crippen LogP contribution in [-0.2, 0) is 28.5 Å². The summed E-state index contributed by atoms with van der Waals surface area (Å²) in [6.07, 6.45) is -5.16. The van der Waals surface area contributed by atoms with Gasteiger partial charge in [0.1, 0.15) is 37.6 Å². The first-order valence-electron chi connectivity index (χ1n) is 12.1. The van der Waals surface area contributed by atoms with Gasteiger partial charge in [0.15, 0.2) is 6.29 Å². The molecule has 5 atom stereocenters. The Morgan fingerprint density at radius 2 is 1.31 bits per heavy atom. The smallest absolute Gasteiger partial charge is 0.311 e. The van der Waals surface area contributed by atoms with Gasteiger partial charge in [0.2, 0.25) is 0 Å². The highest BCUT2D eigenvalue weighted by molar-refractivity contribution is 5.76. The fraction of sp³-hybridized carbons (Fsp3) is 0.917. The largest absolute Gasteiger partial charge is 0.464 e. The molecule has 0 aliphatic carbocycles. The SMILES string of the molecule is CCC(C)(C)C(=O)OCCN(C)C.CCC(C)(C)C(=O)OCCO[C@H]1OC(CO)[C@H](O)C(O)[C@H]1O. The number of hydrogen-bond acceptors (Lipinski definition) is 11. The summed E-state index contributed by atoms with van der Waals surface area (Å²) in [5.41, 5.74) is -0.921. The lowest BCUT2D eigenvalue weighted by Crippen LogP contribution is -2.59. The molecule has 0 aromatic rings. The zero-order valence-corrected chi connectivity index (χ0v) is 22.5. The van der Waals surface area contributed by atoms with Crippen LogP contribution in [0.5, 0.6) is 0 Å². The van der Waals surface area contributed by atoms with Gasteiger partial charge in [0.05, 0.1) is 24.0 Å². The number of aliphatic hydroxyl groups is 4. The quantitative estimate of drug-likeness (QED) is 0.212. The zero-order valence-electron chi connectivity index (χ0n) is 22.5. The maximum atomic E-state index is 11.7. The molecule has 0 aromatic carbocycles. The van der Waals surface area contributed by atoms with Crippen molar-refractivity contribution in [3.05, 3.63) is 0 Å². The van der Waals surface area contributed by atoms with E-state index in [0.29, 0.717) is 13.0 Å². The lowest BCUT2D eigenvalue weighted by molar-refractivity contribution is -0.302. The van der Waals surface area contributed by atoms with E-state index in [1.165, 1.54) is 0 Å².